The third kappa shape index (κ3) is 4.57. The van der Waals surface area contributed by atoms with Crippen molar-refractivity contribution in [1.29, 1.82) is 0 Å². The monoisotopic (exact) mass is 490 g/mol. The minimum atomic E-state index is -0.653. The van der Waals surface area contributed by atoms with Crippen LogP contribution in [0.4, 0.5) is 0 Å². The number of thiazole rings is 1. The summed E-state index contributed by atoms with van der Waals surface area (Å²) in [5.41, 5.74) is 2.72. The highest BCUT2D eigenvalue weighted by Gasteiger charge is 2.33. The summed E-state index contributed by atoms with van der Waals surface area (Å²) in [4.78, 5) is 31.7. The summed E-state index contributed by atoms with van der Waals surface area (Å²) in [5.74, 6) is -0.134. The molecule has 1 atom stereocenters. The van der Waals surface area contributed by atoms with Crippen LogP contribution < -0.4 is 19.6 Å². The zero-order valence-electron chi connectivity index (χ0n) is 19.8. The second kappa shape index (κ2) is 10.1. The Balaban J connectivity index is 1.94. The molecule has 0 radical (unpaired) electrons. The van der Waals surface area contributed by atoms with Gasteiger partial charge >= 0.3 is 5.97 Å². The molecule has 1 aliphatic heterocycles. The van der Waals surface area contributed by atoms with Crippen molar-refractivity contribution < 1.29 is 19.4 Å². The van der Waals surface area contributed by atoms with Crippen molar-refractivity contribution >= 4 is 23.4 Å². The molecule has 8 heteroatoms. The highest BCUT2D eigenvalue weighted by molar-refractivity contribution is 7.07. The number of carbonyl (C=O) groups excluding carboxylic acids is 1. The quantitative estimate of drug-likeness (QED) is 0.406. The van der Waals surface area contributed by atoms with E-state index >= 15 is 0 Å². The van der Waals surface area contributed by atoms with Crippen molar-refractivity contribution in [1.82, 2.24) is 4.57 Å². The van der Waals surface area contributed by atoms with Crippen molar-refractivity contribution in [2.24, 2.45) is 4.99 Å². The highest BCUT2D eigenvalue weighted by Crippen LogP contribution is 2.33. The van der Waals surface area contributed by atoms with Gasteiger partial charge in [-0.05, 0) is 49.6 Å². The third-order valence-corrected chi connectivity index (χ3v) is 6.67. The number of fused-ring (bicyclic) bond motifs is 1. The van der Waals surface area contributed by atoms with Crippen LogP contribution in [0.15, 0.2) is 76.2 Å². The molecular weight excluding hydrogens is 464 g/mol. The van der Waals surface area contributed by atoms with E-state index < -0.39 is 12.0 Å². The number of hydrogen-bond donors (Lipinski definition) is 1. The molecule has 1 unspecified atom stereocenters. The highest BCUT2D eigenvalue weighted by atomic mass is 32.1. The van der Waals surface area contributed by atoms with Crippen LogP contribution in [0.2, 0.25) is 0 Å². The number of benzene rings is 2. The zero-order valence-corrected chi connectivity index (χ0v) is 20.6. The molecule has 3 aromatic rings. The van der Waals surface area contributed by atoms with Gasteiger partial charge in [0.2, 0.25) is 0 Å². The number of aromatic hydroxyl groups is 1. The van der Waals surface area contributed by atoms with E-state index in [-0.39, 0.29) is 17.9 Å². The van der Waals surface area contributed by atoms with Crippen molar-refractivity contribution in [3.8, 4) is 11.5 Å². The molecule has 2 heterocycles. The predicted molar refractivity (Wildman–Crippen MR) is 135 cm³/mol. The van der Waals surface area contributed by atoms with E-state index in [9.17, 15) is 14.7 Å². The molecular formula is C27H26N2O5S. The summed E-state index contributed by atoms with van der Waals surface area (Å²) in [5, 5.41) is 10.4. The normalized spacial score (nSPS) is 15.4. The van der Waals surface area contributed by atoms with Crippen LogP contribution in [-0.2, 0) is 16.0 Å². The number of phenols is 1. The first kappa shape index (κ1) is 24.2. The largest absolute Gasteiger partial charge is 0.504 e. The zero-order chi connectivity index (χ0) is 25.1. The number of aromatic nitrogens is 1. The fraction of sp³-hybridized carbons (Fsp3) is 0.222. The van der Waals surface area contributed by atoms with Gasteiger partial charge in [0.1, 0.15) is 0 Å². The molecule has 7 nitrogen and oxygen atoms in total. The van der Waals surface area contributed by atoms with Crippen LogP contribution >= 0.6 is 11.3 Å². The van der Waals surface area contributed by atoms with E-state index in [0.717, 1.165) is 5.56 Å². The molecule has 0 saturated heterocycles. The van der Waals surface area contributed by atoms with Gasteiger partial charge in [0.05, 0.1) is 35.6 Å². The molecule has 35 heavy (non-hydrogen) atoms. The fourth-order valence-electron chi connectivity index (χ4n) is 4.13. The Kier molecular flexibility index (Phi) is 7.02. The van der Waals surface area contributed by atoms with Crippen LogP contribution in [-0.4, -0.2) is 29.4 Å². The maximum atomic E-state index is 13.7. The molecule has 0 spiro atoms. The topological polar surface area (TPSA) is 90.1 Å². The summed E-state index contributed by atoms with van der Waals surface area (Å²) in [7, 11) is 1.48. The summed E-state index contributed by atoms with van der Waals surface area (Å²) < 4.78 is 12.6. The van der Waals surface area contributed by atoms with Crippen LogP contribution in [0.25, 0.3) is 6.08 Å². The number of hydrogen-bond acceptors (Lipinski definition) is 7. The lowest BCUT2D eigenvalue weighted by atomic mass is 9.96. The second-order valence-corrected chi connectivity index (χ2v) is 8.95. The van der Waals surface area contributed by atoms with Crippen molar-refractivity contribution in [3.05, 3.63) is 103 Å². The Labute approximate surface area is 206 Å². The van der Waals surface area contributed by atoms with E-state index in [2.05, 4.69) is 11.6 Å². The summed E-state index contributed by atoms with van der Waals surface area (Å²) >= 11 is 1.24. The Morgan fingerprint density at radius 2 is 2.03 bits per heavy atom. The van der Waals surface area contributed by atoms with E-state index in [4.69, 9.17) is 9.47 Å². The van der Waals surface area contributed by atoms with Crippen molar-refractivity contribution in [2.45, 2.75) is 26.3 Å². The molecule has 2 aromatic carbocycles. The average Bonchev–Trinajstić information content (AvgIpc) is 3.15. The van der Waals surface area contributed by atoms with Crippen molar-refractivity contribution in [2.75, 3.05) is 13.7 Å². The minimum Gasteiger partial charge on any atom is -0.504 e. The van der Waals surface area contributed by atoms with Gasteiger partial charge in [0.25, 0.3) is 5.56 Å². The Bertz CT molecular complexity index is 1500. The molecule has 0 bridgehead atoms. The summed E-state index contributed by atoms with van der Waals surface area (Å²) in [6.45, 7) is 7.45. The average molecular weight is 491 g/mol. The molecule has 0 amide bonds. The summed E-state index contributed by atoms with van der Waals surface area (Å²) in [6.07, 6.45) is 3.87. The van der Waals surface area contributed by atoms with Crippen LogP contribution in [0.3, 0.4) is 0 Å². The van der Waals surface area contributed by atoms with Gasteiger partial charge in [0, 0.05) is 5.56 Å². The van der Waals surface area contributed by atoms with Gasteiger partial charge in [-0.3, -0.25) is 9.36 Å². The van der Waals surface area contributed by atoms with Gasteiger partial charge in [-0.25, -0.2) is 9.79 Å². The molecule has 1 aromatic heterocycles. The maximum Gasteiger partial charge on any atom is 0.338 e. The number of ether oxygens (including phenoxy) is 2. The lowest BCUT2D eigenvalue weighted by molar-refractivity contribution is -0.139. The molecule has 0 aliphatic carbocycles. The number of rotatable bonds is 7. The van der Waals surface area contributed by atoms with Gasteiger partial charge in [0.15, 0.2) is 16.3 Å². The molecule has 1 aliphatic rings. The number of allylic oxidation sites excluding steroid dienone is 2. The number of esters is 1. The van der Waals surface area contributed by atoms with Crippen molar-refractivity contribution in [3.63, 3.8) is 0 Å². The lowest BCUT2D eigenvalue weighted by Gasteiger charge is -2.24. The van der Waals surface area contributed by atoms with E-state index in [1.165, 1.54) is 18.4 Å². The fourth-order valence-corrected chi connectivity index (χ4v) is 5.18. The molecule has 4 rings (SSSR count). The van der Waals surface area contributed by atoms with E-state index in [1.807, 2.05) is 30.3 Å². The molecule has 0 saturated carbocycles. The van der Waals surface area contributed by atoms with Gasteiger partial charge in [-0.15, -0.1) is 6.58 Å². The van der Waals surface area contributed by atoms with E-state index in [1.54, 1.807) is 42.7 Å². The van der Waals surface area contributed by atoms with E-state index in [0.29, 0.717) is 43.9 Å². The van der Waals surface area contributed by atoms with Crippen LogP contribution in [0.5, 0.6) is 11.5 Å². The Morgan fingerprint density at radius 1 is 1.29 bits per heavy atom. The smallest absolute Gasteiger partial charge is 0.338 e. The minimum absolute atomic E-state index is 0.0461. The molecule has 0 fully saturated rings. The Morgan fingerprint density at radius 3 is 2.69 bits per heavy atom. The first-order chi connectivity index (χ1) is 16.9. The molecule has 1 N–H and O–H groups in total. The van der Waals surface area contributed by atoms with Gasteiger partial charge in [-0.1, -0.05) is 47.7 Å². The standard InChI is InChI=1S/C27H26N2O5S/c1-5-10-19-13-17(14-20(33-4)24(19)30)15-21-25(31)29-23(18-11-8-7-9-12-18)22(26(32)34-6-2)16(3)28-27(29)35-21/h5,7-9,11-15,23,30H,1,6,10H2,2-4H3. The number of nitrogens with zero attached hydrogens (tertiary/aromatic N) is 2. The number of methoxy groups -OCH3 is 1. The van der Waals surface area contributed by atoms with Crippen LogP contribution in [0.1, 0.15) is 36.6 Å². The third-order valence-electron chi connectivity index (χ3n) is 5.69. The van der Waals surface area contributed by atoms with Gasteiger partial charge < -0.3 is 14.6 Å². The SMILES string of the molecule is C=CCc1cc(C=c2sc3n(c2=O)C(c2ccccc2)C(C(=O)OCC)=C(C)N=3)cc(OC)c1O. The second-order valence-electron chi connectivity index (χ2n) is 7.94. The number of phenolic OH excluding ortho intramolecular Hbond substituents is 1. The number of carbonyl (C=O) groups is 1. The molecule has 180 valence electrons. The first-order valence-corrected chi connectivity index (χ1v) is 12.0. The summed E-state index contributed by atoms with van der Waals surface area (Å²) in [6, 6.07) is 12.2. The lowest BCUT2D eigenvalue weighted by Crippen LogP contribution is -2.39. The Hall–Kier alpha value is -3.91. The maximum absolute atomic E-state index is 13.7. The van der Waals surface area contributed by atoms with Crippen LogP contribution in [0, 0.1) is 0 Å². The predicted octanol–water partition coefficient (Wildman–Crippen LogP) is 3.24. The van der Waals surface area contributed by atoms with Gasteiger partial charge in [-0.2, -0.15) is 0 Å². The first-order valence-electron chi connectivity index (χ1n) is 11.1.